The number of rotatable bonds is 4. The summed E-state index contributed by atoms with van der Waals surface area (Å²) >= 11 is 0. The van der Waals surface area contributed by atoms with E-state index in [1.807, 2.05) is 19.1 Å². The Kier molecular flexibility index (Phi) is 4.78. The van der Waals surface area contributed by atoms with E-state index >= 15 is 0 Å². The molecule has 0 heterocycles. The van der Waals surface area contributed by atoms with E-state index in [9.17, 15) is 9.59 Å². The fourth-order valence-electron chi connectivity index (χ4n) is 2.06. The molecule has 0 aliphatic carbocycles. The van der Waals surface area contributed by atoms with Crippen molar-refractivity contribution in [2.75, 3.05) is 19.5 Å². The van der Waals surface area contributed by atoms with Crippen molar-refractivity contribution >= 4 is 17.6 Å². The van der Waals surface area contributed by atoms with Gasteiger partial charge in [-0.25, -0.2) is 4.79 Å². The summed E-state index contributed by atoms with van der Waals surface area (Å²) in [7, 11) is 2.78. The number of carbonyl (C=O) groups excluding carboxylic acids is 2. The third-order valence-electron chi connectivity index (χ3n) is 3.26. The van der Waals surface area contributed by atoms with Crippen LogP contribution in [-0.2, 0) is 4.74 Å². The molecule has 1 N–H and O–H groups in total. The molecular weight excluding hydrogens is 282 g/mol. The van der Waals surface area contributed by atoms with Crippen molar-refractivity contribution in [2.24, 2.45) is 0 Å². The van der Waals surface area contributed by atoms with Gasteiger partial charge in [0.05, 0.1) is 25.5 Å². The molecular formula is C17H17NO4. The Labute approximate surface area is 128 Å². The first-order valence-electron chi connectivity index (χ1n) is 6.70. The number of nitrogens with one attached hydrogen (secondary N) is 1. The Morgan fingerprint density at radius 2 is 1.77 bits per heavy atom. The largest absolute Gasteiger partial charge is 0.495 e. The molecule has 0 aliphatic rings. The quantitative estimate of drug-likeness (QED) is 0.881. The molecule has 0 saturated carbocycles. The minimum absolute atomic E-state index is 0.234. The average molecular weight is 299 g/mol. The van der Waals surface area contributed by atoms with Crippen LogP contribution in [0.1, 0.15) is 26.3 Å². The molecule has 0 aromatic heterocycles. The van der Waals surface area contributed by atoms with Crippen LogP contribution in [0.25, 0.3) is 0 Å². The Morgan fingerprint density at radius 3 is 2.41 bits per heavy atom. The highest BCUT2D eigenvalue weighted by molar-refractivity contribution is 6.06. The molecule has 22 heavy (non-hydrogen) atoms. The zero-order chi connectivity index (χ0) is 16.1. The standard InChI is InChI=1S/C17H17NO4/c1-11-6-4-5-7-13(11)16(19)18-14-9-8-12(17(20)22-3)10-15(14)21-2/h4-10H,1-3H3,(H,18,19). The molecule has 0 spiro atoms. The summed E-state index contributed by atoms with van der Waals surface area (Å²) < 4.78 is 9.89. The van der Waals surface area contributed by atoms with Crippen LogP contribution in [0.2, 0.25) is 0 Å². The number of benzene rings is 2. The monoisotopic (exact) mass is 299 g/mol. The van der Waals surface area contributed by atoms with Gasteiger partial charge in [0.1, 0.15) is 5.75 Å². The topological polar surface area (TPSA) is 64.6 Å². The molecule has 0 aliphatic heterocycles. The molecule has 5 nitrogen and oxygen atoms in total. The number of hydrogen-bond donors (Lipinski definition) is 1. The summed E-state index contributed by atoms with van der Waals surface area (Å²) in [5.74, 6) is -0.304. The molecule has 5 heteroatoms. The second kappa shape index (κ2) is 6.76. The molecule has 1 amide bonds. The first-order valence-corrected chi connectivity index (χ1v) is 6.70. The molecule has 0 atom stereocenters. The Bertz CT molecular complexity index is 710. The molecule has 2 rings (SSSR count). The highest BCUT2D eigenvalue weighted by atomic mass is 16.5. The van der Waals surface area contributed by atoms with E-state index in [1.165, 1.54) is 20.3 Å². The normalized spacial score (nSPS) is 9.95. The molecule has 0 fully saturated rings. The van der Waals surface area contributed by atoms with Gasteiger partial charge in [-0.1, -0.05) is 18.2 Å². The van der Waals surface area contributed by atoms with Gasteiger partial charge in [-0.2, -0.15) is 0 Å². The highest BCUT2D eigenvalue weighted by Crippen LogP contribution is 2.26. The van der Waals surface area contributed by atoms with Crippen molar-refractivity contribution in [1.82, 2.24) is 0 Å². The summed E-state index contributed by atoms with van der Waals surface area (Å²) in [4.78, 5) is 23.8. The minimum atomic E-state index is -0.463. The number of hydrogen-bond acceptors (Lipinski definition) is 4. The van der Waals surface area contributed by atoms with Gasteiger partial charge in [0, 0.05) is 5.56 Å². The lowest BCUT2D eigenvalue weighted by Crippen LogP contribution is -2.14. The number of aryl methyl sites for hydroxylation is 1. The van der Waals surface area contributed by atoms with E-state index in [-0.39, 0.29) is 5.91 Å². The van der Waals surface area contributed by atoms with Crippen molar-refractivity contribution in [3.8, 4) is 5.75 Å². The van der Waals surface area contributed by atoms with E-state index < -0.39 is 5.97 Å². The molecule has 0 saturated heterocycles. The number of carbonyl (C=O) groups is 2. The van der Waals surface area contributed by atoms with Gasteiger partial charge < -0.3 is 14.8 Å². The van der Waals surface area contributed by atoms with E-state index in [2.05, 4.69) is 10.1 Å². The smallest absolute Gasteiger partial charge is 0.337 e. The molecule has 114 valence electrons. The maximum atomic E-state index is 12.3. The van der Waals surface area contributed by atoms with Gasteiger partial charge >= 0.3 is 5.97 Å². The minimum Gasteiger partial charge on any atom is -0.495 e. The number of ether oxygens (including phenoxy) is 2. The number of anilines is 1. The summed E-state index contributed by atoms with van der Waals surface area (Å²) in [6, 6.07) is 12.0. The van der Waals surface area contributed by atoms with E-state index in [1.54, 1.807) is 24.3 Å². The lowest BCUT2D eigenvalue weighted by Gasteiger charge is -2.12. The fourth-order valence-corrected chi connectivity index (χ4v) is 2.06. The lowest BCUT2D eigenvalue weighted by atomic mass is 10.1. The Balaban J connectivity index is 2.28. The summed E-state index contributed by atoms with van der Waals surface area (Å²) in [6.45, 7) is 1.87. The zero-order valence-corrected chi connectivity index (χ0v) is 12.7. The van der Waals surface area contributed by atoms with E-state index in [4.69, 9.17) is 4.74 Å². The van der Waals surface area contributed by atoms with Crippen LogP contribution in [0.15, 0.2) is 42.5 Å². The fraction of sp³-hybridized carbons (Fsp3) is 0.176. The van der Waals surface area contributed by atoms with E-state index in [0.29, 0.717) is 22.6 Å². The molecule has 0 unspecified atom stereocenters. The lowest BCUT2D eigenvalue weighted by molar-refractivity contribution is 0.0600. The summed E-state index contributed by atoms with van der Waals surface area (Å²) in [6.07, 6.45) is 0. The molecule has 2 aromatic rings. The predicted octanol–water partition coefficient (Wildman–Crippen LogP) is 3.04. The van der Waals surface area contributed by atoms with Crippen LogP contribution in [0.4, 0.5) is 5.69 Å². The van der Waals surface area contributed by atoms with Crippen LogP contribution >= 0.6 is 0 Å². The molecule has 2 aromatic carbocycles. The van der Waals surface area contributed by atoms with Gasteiger partial charge in [0.2, 0.25) is 0 Å². The second-order valence-electron chi connectivity index (χ2n) is 4.68. The summed E-state index contributed by atoms with van der Waals surface area (Å²) in [5.41, 5.74) is 2.31. The second-order valence-corrected chi connectivity index (χ2v) is 4.68. The maximum absolute atomic E-state index is 12.3. The van der Waals surface area contributed by atoms with E-state index in [0.717, 1.165) is 5.56 Å². The van der Waals surface area contributed by atoms with Gasteiger partial charge in [0.15, 0.2) is 0 Å². The van der Waals surface area contributed by atoms with Crippen molar-refractivity contribution in [3.05, 3.63) is 59.2 Å². The number of esters is 1. The van der Waals surface area contributed by atoms with Crippen LogP contribution in [0, 0.1) is 6.92 Å². The number of amides is 1. The van der Waals surface area contributed by atoms with Crippen LogP contribution in [0.3, 0.4) is 0 Å². The van der Waals surface area contributed by atoms with Gasteiger partial charge in [-0.3, -0.25) is 4.79 Å². The van der Waals surface area contributed by atoms with Crippen LogP contribution in [0.5, 0.6) is 5.75 Å². The van der Waals surface area contributed by atoms with Crippen molar-refractivity contribution in [1.29, 1.82) is 0 Å². The average Bonchev–Trinajstić information content (AvgIpc) is 2.54. The zero-order valence-electron chi connectivity index (χ0n) is 12.7. The van der Waals surface area contributed by atoms with Crippen LogP contribution in [-0.4, -0.2) is 26.1 Å². The maximum Gasteiger partial charge on any atom is 0.337 e. The van der Waals surface area contributed by atoms with Gasteiger partial charge in [-0.05, 0) is 36.8 Å². The SMILES string of the molecule is COC(=O)c1ccc(NC(=O)c2ccccc2C)c(OC)c1. The Morgan fingerprint density at radius 1 is 1.05 bits per heavy atom. The highest BCUT2D eigenvalue weighted by Gasteiger charge is 2.14. The first kappa shape index (κ1) is 15.6. The van der Waals surface area contributed by atoms with Crippen LogP contribution < -0.4 is 10.1 Å². The third kappa shape index (κ3) is 3.25. The van der Waals surface area contributed by atoms with Crippen molar-refractivity contribution in [3.63, 3.8) is 0 Å². The molecule has 0 radical (unpaired) electrons. The number of methoxy groups -OCH3 is 2. The molecule has 0 bridgehead atoms. The Hall–Kier alpha value is -2.82. The van der Waals surface area contributed by atoms with Crippen molar-refractivity contribution in [2.45, 2.75) is 6.92 Å². The predicted molar refractivity (Wildman–Crippen MR) is 83.5 cm³/mol. The first-order chi connectivity index (χ1) is 10.6. The summed E-state index contributed by atoms with van der Waals surface area (Å²) in [5, 5.41) is 2.79. The van der Waals surface area contributed by atoms with Crippen molar-refractivity contribution < 1.29 is 19.1 Å². The van der Waals surface area contributed by atoms with Gasteiger partial charge in [0.25, 0.3) is 5.91 Å². The third-order valence-corrected chi connectivity index (χ3v) is 3.26. The van der Waals surface area contributed by atoms with Gasteiger partial charge in [-0.15, -0.1) is 0 Å².